The van der Waals surface area contributed by atoms with Gasteiger partial charge in [-0.25, -0.2) is 0 Å². The van der Waals surface area contributed by atoms with Crippen LogP contribution in [0.1, 0.15) is 55.7 Å². The van der Waals surface area contributed by atoms with E-state index in [0.717, 1.165) is 27.8 Å². The zero-order valence-corrected chi connectivity index (χ0v) is 18.2. The lowest BCUT2D eigenvalue weighted by atomic mass is 9.79. The van der Waals surface area contributed by atoms with E-state index in [1.165, 1.54) is 32.1 Å². The molecule has 3 aromatic carbocycles. The van der Waals surface area contributed by atoms with E-state index in [9.17, 15) is 5.11 Å². The molecule has 1 aliphatic rings. The Morgan fingerprint density at radius 2 is 1.26 bits per heavy atom. The summed E-state index contributed by atoms with van der Waals surface area (Å²) in [5.41, 5.74) is 3.48. The summed E-state index contributed by atoms with van der Waals surface area (Å²) in [6.45, 7) is 1.88. The van der Waals surface area contributed by atoms with Crippen molar-refractivity contribution in [2.45, 2.75) is 44.6 Å². The number of rotatable bonds is 4. The number of hydrogen-bond donors (Lipinski definition) is 1. The van der Waals surface area contributed by atoms with Crippen molar-refractivity contribution in [1.82, 2.24) is 0 Å². The molecule has 1 saturated carbocycles. The number of hydrogen-bond acceptors (Lipinski definition) is 1. The highest BCUT2D eigenvalue weighted by Gasteiger charge is 2.32. The molecule has 3 aromatic rings. The van der Waals surface area contributed by atoms with Gasteiger partial charge in [0.05, 0.1) is 0 Å². The van der Waals surface area contributed by atoms with Gasteiger partial charge in [-0.15, -0.1) is 0 Å². The largest absolute Gasteiger partial charge is 0.381 e. The standard InChI is InChI=1S/C30H30O/c1-30(31,27-20-12-5-13-21-27)29(26-18-10-4-11-19-26)28(25-16-8-3-9-17-25)23-22-24-14-6-2-7-15-24/h3-5,8-13,16-21,24,31H,2,6-7,14-15H2,1H3/b29-28+. The molecule has 1 nitrogen and oxygen atoms in total. The minimum Gasteiger partial charge on any atom is -0.381 e. The third kappa shape index (κ3) is 4.98. The molecule has 0 spiro atoms. The van der Waals surface area contributed by atoms with Crippen molar-refractivity contribution in [3.8, 4) is 11.8 Å². The average Bonchev–Trinajstić information content (AvgIpc) is 2.84. The molecule has 0 aromatic heterocycles. The van der Waals surface area contributed by atoms with Crippen LogP contribution in [0, 0.1) is 17.8 Å². The van der Waals surface area contributed by atoms with Crippen LogP contribution < -0.4 is 0 Å². The Kier molecular flexibility index (Phi) is 6.70. The van der Waals surface area contributed by atoms with E-state index in [-0.39, 0.29) is 0 Å². The second kappa shape index (κ2) is 9.82. The predicted molar refractivity (Wildman–Crippen MR) is 130 cm³/mol. The molecule has 1 fully saturated rings. The average molecular weight is 407 g/mol. The predicted octanol–water partition coefficient (Wildman–Crippen LogP) is 7.09. The Balaban J connectivity index is 1.95. The number of benzene rings is 3. The first-order chi connectivity index (χ1) is 15.2. The van der Waals surface area contributed by atoms with E-state index in [0.29, 0.717) is 5.92 Å². The maximum Gasteiger partial charge on any atom is 0.114 e. The fourth-order valence-corrected chi connectivity index (χ4v) is 4.49. The highest BCUT2D eigenvalue weighted by atomic mass is 16.3. The molecular formula is C30H30O. The summed E-state index contributed by atoms with van der Waals surface area (Å²) >= 11 is 0. The molecule has 4 rings (SSSR count). The molecule has 1 unspecified atom stereocenters. The summed E-state index contributed by atoms with van der Waals surface area (Å²) in [6.07, 6.45) is 6.18. The van der Waals surface area contributed by atoms with Crippen molar-refractivity contribution >= 4 is 11.1 Å². The van der Waals surface area contributed by atoms with Crippen molar-refractivity contribution in [1.29, 1.82) is 0 Å². The lowest BCUT2D eigenvalue weighted by molar-refractivity contribution is 0.123. The van der Waals surface area contributed by atoms with Crippen LogP contribution in [0.4, 0.5) is 0 Å². The third-order valence-electron chi connectivity index (χ3n) is 6.20. The zero-order valence-electron chi connectivity index (χ0n) is 18.2. The second-order valence-electron chi connectivity index (χ2n) is 8.52. The van der Waals surface area contributed by atoms with Crippen molar-refractivity contribution in [2.24, 2.45) is 5.92 Å². The van der Waals surface area contributed by atoms with Crippen molar-refractivity contribution < 1.29 is 5.11 Å². The van der Waals surface area contributed by atoms with Gasteiger partial charge in [0.2, 0.25) is 0 Å². The highest BCUT2D eigenvalue weighted by Crippen LogP contribution is 2.41. The zero-order chi connectivity index (χ0) is 21.5. The summed E-state index contributed by atoms with van der Waals surface area (Å²) < 4.78 is 0. The lowest BCUT2D eigenvalue weighted by Crippen LogP contribution is -2.24. The molecule has 0 radical (unpaired) electrons. The molecule has 1 N–H and O–H groups in total. The van der Waals surface area contributed by atoms with E-state index < -0.39 is 5.60 Å². The smallest absolute Gasteiger partial charge is 0.114 e. The Hall–Kier alpha value is -3.08. The molecular weight excluding hydrogens is 376 g/mol. The Morgan fingerprint density at radius 3 is 1.84 bits per heavy atom. The molecule has 156 valence electrons. The monoisotopic (exact) mass is 406 g/mol. The van der Waals surface area contributed by atoms with Gasteiger partial charge in [-0.1, -0.05) is 122 Å². The fraction of sp³-hybridized carbons (Fsp3) is 0.267. The van der Waals surface area contributed by atoms with Gasteiger partial charge >= 0.3 is 0 Å². The van der Waals surface area contributed by atoms with Gasteiger partial charge in [-0.3, -0.25) is 0 Å². The van der Waals surface area contributed by atoms with E-state index in [1.807, 2.05) is 73.7 Å². The third-order valence-corrected chi connectivity index (χ3v) is 6.20. The molecule has 0 saturated heterocycles. The van der Waals surface area contributed by atoms with Gasteiger partial charge in [-0.05, 0) is 36.5 Å². The van der Waals surface area contributed by atoms with Crippen LogP contribution in [0.15, 0.2) is 91.0 Å². The molecule has 1 heteroatoms. The maximum absolute atomic E-state index is 11.9. The van der Waals surface area contributed by atoms with E-state index in [2.05, 4.69) is 36.1 Å². The summed E-state index contributed by atoms with van der Waals surface area (Å²) in [5.74, 6) is 7.56. The first-order valence-electron chi connectivity index (χ1n) is 11.3. The van der Waals surface area contributed by atoms with Gasteiger partial charge in [-0.2, -0.15) is 0 Å². The summed E-state index contributed by atoms with van der Waals surface area (Å²) in [7, 11) is 0. The van der Waals surface area contributed by atoms with E-state index in [4.69, 9.17) is 0 Å². The van der Waals surface area contributed by atoms with Crippen LogP contribution in [0.25, 0.3) is 11.1 Å². The lowest BCUT2D eigenvalue weighted by Gasteiger charge is -2.30. The van der Waals surface area contributed by atoms with Crippen LogP contribution >= 0.6 is 0 Å². The van der Waals surface area contributed by atoms with Crippen molar-refractivity contribution in [3.63, 3.8) is 0 Å². The molecule has 31 heavy (non-hydrogen) atoms. The van der Waals surface area contributed by atoms with Crippen LogP contribution in [-0.4, -0.2) is 5.11 Å². The first-order valence-corrected chi connectivity index (χ1v) is 11.3. The van der Waals surface area contributed by atoms with Gasteiger partial charge < -0.3 is 5.11 Å². The molecule has 0 amide bonds. The van der Waals surface area contributed by atoms with Gasteiger partial charge in [0.15, 0.2) is 0 Å². The highest BCUT2D eigenvalue weighted by molar-refractivity contribution is 6.01. The topological polar surface area (TPSA) is 20.2 Å². The fourth-order valence-electron chi connectivity index (χ4n) is 4.49. The maximum atomic E-state index is 11.9. The Bertz CT molecular complexity index is 1060. The first kappa shape index (κ1) is 21.2. The Labute approximate surface area is 186 Å². The van der Waals surface area contributed by atoms with E-state index >= 15 is 0 Å². The summed E-state index contributed by atoms with van der Waals surface area (Å²) in [5, 5.41) is 11.9. The minimum atomic E-state index is -1.19. The molecule has 0 heterocycles. The van der Waals surface area contributed by atoms with Gasteiger partial charge in [0.1, 0.15) is 5.60 Å². The minimum absolute atomic E-state index is 0.436. The van der Waals surface area contributed by atoms with Crippen LogP contribution in [0.5, 0.6) is 0 Å². The van der Waals surface area contributed by atoms with Crippen LogP contribution in [0.2, 0.25) is 0 Å². The molecule has 0 bridgehead atoms. The summed E-state index contributed by atoms with van der Waals surface area (Å²) in [4.78, 5) is 0. The SMILES string of the molecule is CC(O)(/C(=C(\C#CC1CCCCC1)c1ccccc1)c1ccccc1)c1ccccc1. The molecule has 0 aliphatic heterocycles. The second-order valence-corrected chi connectivity index (χ2v) is 8.52. The summed E-state index contributed by atoms with van der Waals surface area (Å²) in [6, 6.07) is 30.4. The van der Waals surface area contributed by atoms with Crippen molar-refractivity contribution in [2.75, 3.05) is 0 Å². The van der Waals surface area contributed by atoms with Gasteiger partial charge in [0, 0.05) is 17.1 Å². The number of aliphatic hydroxyl groups is 1. The molecule has 1 aliphatic carbocycles. The van der Waals surface area contributed by atoms with Gasteiger partial charge in [0.25, 0.3) is 0 Å². The van der Waals surface area contributed by atoms with Crippen molar-refractivity contribution in [3.05, 3.63) is 108 Å². The Morgan fingerprint density at radius 1 is 0.742 bits per heavy atom. The normalized spacial score (nSPS) is 17.1. The quantitative estimate of drug-likeness (QED) is 0.362. The number of allylic oxidation sites excluding steroid dienone is 1. The van der Waals surface area contributed by atoms with Crippen LogP contribution in [-0.2, 0) is 5.60 Å². The van der Waals surface area contributed by atoms with E-state index in [1.54, 1.807) is 0 Å². The molecule has 1 atom stereocenters. The van der Waals surface area contributed by atoms with Crippen LogP contribution in [0.3, 0.4) is 0 Å².